The molecule has 1 aromatic carbocycles. The fourth-order valence-electron chi connectivity index (χ4n) is 2.30. The summed E-state index contributed by atoms with van der Waals surface area (Å²) in [6.45, 7) is -0.613. The van der Waals surface area contributed by atoms with Crippen molar-refractivity contribution < 1.29 is 27.6 Å². The van der Waals surface area contributed by atoms with Crippen LogP contribution in [-0.2, 0) is 9.59 Å². The van der Waals surface area contributed by atoms with Gasteiger partial charge in [-0.25, -0.2) is 0 Å². The number of carbonyl (C=O) groups is 3. The molecule has 2 rings (SSSR count). The van der Waals surface area contributed by atoms with Gasteiger partial charge in [0.2, 0.25) is 5.91 Å². The summed E-state index contributed by atoms with van der Waals surface area (Å²) in [7, 11) is 0. The van der Waals surface area contributed by atoms with E-state index in [1.807, 2.05) is 0 Å². The SMILES string of the molecule is O=C(NCC(=O)N1CCN(C(=O)C(F)(F)F)CC1)c1ccccc1. The largest absolute Gasteiger partial charge is 0.471 e. The maximum absolute atomic E-state index is 12.3. The van der Waals surface area contributed by atoms with Gasteiger partial charge in [0.05, 0.1) is 6.54 Å². The Morgan fingerprint density at radius 3 is 2.04 bits per heavy atom. The quantitative estimate of drug-likeness (QED) is 0.876. The number of halogens is 3. The molecule has 3 amide bonds. The predicted molar refractivity (Wildman–Crippen MR) is 78.0 cm³/mol. The summed E-state index contributed by atoms with van der Waals surface area (Å²) in [4.78, 5) is 36.9. The van der Waals surface area contributed by atoms with Gasteiger partial charge in [-0.15, -0.1) is 0 Å². The van der Waals surface area contributed by atoms with Crippen molar-refractivity contribution in [3.63, 3.8) is 0 Å². The first kappa shape index (κ1) is 17.8. The Kier molecular flexibility index (Phi) is 5.42. The molecular formula is C15H16F3N3O3. The van der Waals surface area contributed by atoms with Crippen LogP contribution in [0.25, 0.3) is 0 Å². The lowest BCUT2D eigenvalue weighted by Gasteiger charge is -2.35. The van der Waals surface area contributed by atoms with Gasteiger partial charge in [0, 0.05) is 31.7 Å². The number of hydrogen-bond donors (Lipinski definition) is 1. The van der Waals surface area contributed by atoms with E-state index in [0.29, 0.717) is 10.5 Å². The van der Waals surface area contributed by atoms with E-state index < -0.39 is 23.9 Å². The van der Waals surface area contributed by atoms with Gasteiger partial charge < -0.3 is 15.1 Å². The Balaban J connectivity index is 1.79. The summed E-state index contributed by atoms with van der Waals surface area (Å²) in [6, 6.07) is 8.33. The molecule has 1 aliphatic heterocycles. The lowest BCUT2D eigenvalue weighted by Crippen LogP contribution is -2.55. The molecule has 0 aromatic heterocycles. The van der Waals surface area contributed by atoms with E-state index in [-0.39, 0.29) is 32.7 Å². The number of rotatable bonds is 3. The summed E-state index contributed by atoms with van der Waals surface area (Å²) in [6.07, 6.45) is -4.91. The van der Waals surface area contributed by atoms with Crippen molar-refractivity contribution in [1.82, 2.24) is 15.1 Å². The maximum Gasteiger partial charge on any atom is 0.471 e. The summed E-state index contributed by atoms with van der Waals surface area (Å²) in [5, 5.41) is 2.46. The van der Waals surface area contributed by atoms with Crippen LogP contribution in [-0.4, -0.2) is 66.4 Å². The molecule has 0 unspecified atom stereocenters. The molecule has 24 heavy (non-hydrogen) atoms. The lowest BCUT2D eigenvalue weighted by molar-refractivity contribution is -0.187. The van der Waals surface area contributed by atoms with E-state index in [1.54, 1.807) is 30.3 Å². The van der Waals surface area contributed by atoms with Crippen molar-refractivity contribution in [3.05, 3.63) is 35.9 Å². The Morgan fingerprint density at radius 1 is 0.958 bits per heavy atom. The van der Waals surface area contributed by atoms with E-state index in [2.05, 4.69) is 5.32 Å². The Hall–Kier alpha value is -2.58. The third kappa shape index (κ3) is 4.46. The van der Waals surface area contributed by atoms with Crippen LogP contribution in [0.4, 0.5) is 13.2 Å². The standard InChI is InChI=1S/C15H16F3N3O3/c16-15(17,18)14(24)21-8-6-20(7-9-21)12(22)10-19-13(23)11-4-2-1-3-5-11/h1-5H,6-10H2,(H,19,23). The van der Waals surface area contributed by atoms with Gasteiger partial charge in [-0.2, -0.15) is 13.2 Å². The van der Waals surface area contributed by atoms with Gasteiger partial charge >= 0.3 is 12.1 Å². The van der Waals surface area contributed by atoms with Gasteiger partial charge in [0.25, 0.3) is 5.91 Å². The van der Waals surface area contributed by atoms with Gasteiger partial charge in [-0.05, 0) is 12.1 Å². The molecule has 0 saturated carbocycles. The highest BCUT2D eigenvalue weighted by atomic mass is 19.4. The van der Waals surface area contributed by atoms with Gasteiger partial charge in [0.1, 0.15) is 0 Å². The number of nitrogens with zero attached hydrogens (tertiary/aromatic N) is 2. The summed E-state index contributed by atoms with van der Waals surface area (Å²) in [5.74, 6) is -2.71. The molecule has 6 nitrogen and oxygen atoms in total. The highest BCUT2D eigenvalue weighted by molar-refractivity contribution is 5.96. The minimum atomic E-state index is -4.91. The van der Waals surface area contributed by atoms with Crippen molar-refractivity contribution in [2.45, 2.75) is 6.18 Å². The number of carbonyl (C=O) groups excluding carboxylic acids is 3. The number of benzene rings is 1. The van der Waals surface area contributed by atoms with E-state index in [9.17, 15) is 27.6 Å². The van der Waals surface area contributed by atoms with Crippen molar-refractivity contribution in [1.29, 1.82) is 0 Å². The second-order valence-corrected chi connectivity index (χ2v) is 5.22. The zero-order chi connectivity index (χ0) is 17.7. The zero-order valence-electron chi connectivity index (χ0n) is 12.7. The van der Waals surface area contributed by atoms with Crippen molar-refractivity contribution >= 4 is 17.7 Å². The van der Waals surface area contributed by atoms with E-state index >= 15 is 0 Å². The van der Waals surface area contributed by atoms with Gasteiger partial charge in [0.15, 0.2) is 0 Å². The molecule has 0 spiro atoms. The molecule has 1 N–H and O–H groups in total. The summed E-state index contributed by atoms with van der Waals surface area (Å²) < 4.78 is 37.0. The van der Waals surface area contributed by atoms with Crippen LogP contribution < -0.4 is 5.32 Å². The fourth-order valence-corrected chi connectivity index (χ4v) is 2.30. The molecule has 9 heteroatoms. The number of nitrogens with one attached hydrogen (secondary N) is 1. The topological polar surface area (TPSA) is 69.7 Å². The minimum absolute atomic E-state index is 0.00185. The Bertz CT molecular complexity index is 611. The van der Waals surface area contributed by atoms with Crippen LogP contribution in [0.2, 0.25) is 0 Å². The van der Waals surface area contributed by atoms with Crippen LogP contribution in [0.1, 0.15) is 10.4 Å². The van der Waals surface area contributed by atoms with Crippen LogP contribution in [0, 0.1) is 0 Å². The van der Waals surface area contributed by atoms with E-state index in [1.165, 1.54) is 4.90 Å². The number of piperazine rings is 1. The summed E-state index contributed by atoms with van der Waals surface area (Å²) >= 11 is 0. The first-order valence-corrected chi connectivity index (χ1v) is 7.26. The monoisotopic (exact) mass is 343 g/mol. The number of hydrogen-bond acceptors (Lipinski definition) is 3. The van der Waals surface area contributed by atoms with Crippen molar-refractivity contribution in [2.24, 2.45) is 0 Å². The molecule has 1 heterocycles. The highest BCUT2D eigenvalue weighted by Crippen LogP contribution is 2.19. The normalized spacial score (nSPS) is 15.1. The Morgan fingerprint density at radius 2 is 1.50 bits per heavy atom. The molecule has 1 fully saturated rings. The molecule has 1 aliphatic rings. The maximum atomic E-state index is 12.3. The minimum Gasteiger partial charge on any atom is -0.343 e. The second-order valence-electron chi connectivity index (χ2n) is 5.22. The first-order valence-electron chi connectivity index (χ1n) is 7.26. The van der Waals surface area contributed by atoms with Crippen LogP contribution in [0.5, 0.6) is 0 Å². The zero-order valence-corrected chi connectivity index (χ0v) is 12.7. The molecular weight excluding hydrogens is 327 g/mol. The van der Waals surface area contributed by atoms with E-state index in [4.69, 9.17) is 0 Å². The van der Waals surface area contributed by atoms with Crippen LogP contribution in [0.3, 0.4) is 0 Å². The van der Waals surface area contributed by atoms with Crippen molar-refractivity contribution in [2.75, 3.05) is 32.7 Å². The molecule has 1 aromatic rings. The second kappa shape index (κ2) is 7.33. The fraction of sp³-hybridized carbons (Fsp3) is 0.400. The average Bonchev–Trinajstić information content (AvgIpc) is 2.58. The molecule has 0 bridgehead atoms. The molecule has 1 saturated heterocycles. The lowest BCUT2D eigenvalue weighted by atomic mass is 10.2. The average molecular weight is 343 g/mol. The predicted octanol–water partition coefficient (Wildman–Crippen LogP) is 0.649. The molecule has 130 valence electrons. The Labute approximate surface area is 136 Å². The molecule has 0 aliphatic carbocycles. The van der Waals surface area contributed by atoms with Crippen molar-refractivity contribution in [3.8, 4) is 0 Å². The van der Waals surface area contributed by atoms with Gasteiger partial charge in [-0.3, -0.25) is 14.4 Å². The third-order valence-electron chi connectivity index (χ3n) is 3.60. The van der Waals surface area contributed by atoms with E-state index in [0.717, 1.165) is 0 Å². The smallest absolute Gasteiger partial charge is 0.343 e. The number of amides is 3. The molecule has 0 radical (unpaired) electrons. The van der Waals surface area contributed by atoms with Gasteiger partial charge in [-0.1, -0.05) is 18.2 Å². The first-order chi connectivity index (χ1) is 11.3. The van der Waals surface area contributed by atoms with Crippen LogP contribution in [0.15, 0.2) is 30.3 Å². The van der Waals surface area contributed by atoms with Crippen LogP contribution >= 0.6 is 0 Å². The number of alkyl halides is 3. The third-order valence-corrected chi connectivity index (χ3v) is 3.60. The molecule has 0 atom stereocenters. The highest BCUT2D eigenvalue weighted by Gasteiger charge is 2.43. The summed E-state index contributed by atoms with van der Waals surface area (Å²) in [5.41, 5.74) is 0.408.